The maximum absolute atomic E-state index is 13.3. The zero-order valence-electron chi connectivity index (χ0n) is 28.7. The minimum atomic E-state index is -0.493. The summed E-state index contributed by atoms with van der Waals surface area (Å²) < 4.78 is 11.9. The predicted molar refractivity (Wildman–Crippen MR) is 184 cm³/mol. The SMILES string of the molecule is CCc1cc2ncc(CN3CCN(c4ccc(C(=O)N5CCC(OC6CCN(C(=O)OC(C)(C)C)CC6)CC5)nc4)CC3)cc2[nH]c1=O. The second-order valence-electron chi connectivity index (χ2n) is 14.2. The number of fused-ring (bicyclic) bond motifs is 1. The number of nitrogens with one attached hydrogen (secondary N) is 1. The summed E-state index contributed by atoms with van der Waals surface area (Å²) in [6, 6.07) is 7.76. The largest absolute Gasteiger partial charge is 0.444 e. The number of anilines is 1. The molecule has 3 fully saturated rings. The Morgan fingerprint density at radius 1 is 0.875 bits per heavy atom. The molecule has 3 aromatic heterocycles. The van der Waals surface area contributed by atoms with E-state index in [9.17, 15) is 14.4 Å². The summed E-state index contributed by atoms with van der Waals surface area (Å²) in [6.45, 7) is 14.5. The molecule has 0 spiro atoms. The number of rotatable bonds is 7. The highest BCUT2D eigenvalue weighted by molar-refractivity contribution is 5.92. The van der Waals surface area contributed by atoms with Crippen molar-refractivity contribution in [3.05, 3.63) is 63.8 Å². The van der Waals surface area contributed by atoms with Gasteiger partial charge in [0.15, 0.2) is 0 Å². The summed E-state index contributed by atoms with van der Waals surface area (Å²) in [5.41, 5.74) is 4.39. The molecule has 6 rings (SSSR count). The molecule has 48 heavy (non-hydrogen) atoms. The molecule has 12 heteroatoms. The van der Waals surface area contributed by atoms with Crippen LogP contribution in [0.1, 0.15) is 75.0 Å². The van der Waals surface area contributed by atoms with Crippen LogP contribution in [0.15, 0.2) is 41.5 Å². The van der Waals surface area contributed by atoms with Crippen LogP contribution in [0.2, 0.25) is 0 Å². The molecule has 0 bridgehead atoms. The number of ether oxygens (including phenoxy) is 2. The fourth-order valence-electron chi connectivity index (χ4n) is 6.77. The average molecular weight is 660 g/mol. The summed E-state index contributed by atoms with van der Waals surface area (Å²) >= 11 is 0. The number of H-pyrrole nitrogens is 1. The Balaban J connectivity index is 0.924. The standard InChI is InChI=1S/C36H49N7O5/c1-5-26-21-31-32(39-33(26)44)20-25(22-37-31)24-40-16-18-41(19-17-40)27-6-7-30(38-23-27)34(45)42-12-8-28(9-13-42)47-29-10-14-43(15-11-29)35(46)48-36(2,3)4/h6-7,20-23,28-29H,5,8-19,24H2,1-4H3,(H,39,44). The van der Waals surface area contributed by atoms with Crippen LogP contribution in [0.5, 0.6) is 0 Å². The number of aromatic amines is 1. The first kappa shape index (κ1) is 33.9. The van der Waals surface area contributed by atoms with E-state index in [0.29, 0.717) is 38.3 Å². The fourth-order valence-corrected chi connectivity index (χ4v) is 6.77. The van der Waals surface area contributed by atoms with E-state index in [4.69, 9.17) is 9.47 Å². The molecule has 1 N–H and O–H groups in total. The quantitative estimate of drug-likeness (QED) is 0.397. The van der Waals surface area contributed by atoms with E-state index in [1.165, 1.54) is 0 Å². The topological polar surface area (TPSA) is 124 Å². The molecule has 2 amide bonds. The molecule has 3 saturated heterocycles. The highest BCUT2D eigenvalue weighted by Gasteiger charge is 2.31. The molecule has 3 aliphatic rings. The molecule has 0 radical (unpaired) electrons. The van der Waals surface area contributed by atoms with E-state index < -0.39 is 5.60 Å². The third-order valence-electron chi connectivity index (χ3n) is 9.53. The summed E-state index contributed by atoms with van der Waals surface area (Å²) in [4.78, 5) is 58.3. The van der Waals surface area contributed by atoms with Crippen molar-refractivity contribution < 1.29 is 19.1 Å². The monoisotopic (exact) mass is 659 g/mol. The average Bonchev–Trinajstić information content (AvgIpc) is 3.08. The second-order valence-corrected chi connectivity index (χ2v) is 14.2. The van der Waals surface area contributed by atoms with Gasteiger partial charge in [0.05, 0.1) is 35.1 Å². The highest BCUT2D eigenvalue weighted by Crippen LogP contribution is 2.24. The van der Waals surface area contributed by atoms with Crippen molar-refractivity contribution in [1.29, 1.82) is 0 Å². The number of aryl methyl sites for hydroxylation is 1. The molecule has 0 unspecified atom stereocenters. The van der Waals surface area contributed by atoms with E-state index in [2.05, 4.69) is 24.8 Å². The molecule has 3 aromatic rings. The molecule has 0 aromatic carbocycles. The van der Waals surface area contributed by atoms with Crippen molar-refractivity contribution in [2.24, 2.45) is 0 Å². The first-order chi connectivity index (χ1) is 23.0. The summed E-state index contributed by atoms with van der Waals surface area (Å²) in [5, 5.41) is 0. The fraction of sp³-hybridized carbons (Fsp3) is 0.583. The van der Waals surface area contributed by atoms with Crippen LogP contribution in [0, 0.1) is 0 Å². The molecule has 0 saturated carbocycles. The Kier molecular flexibility index (Phi) is 10.3. The van der Waals surface area contributed by atoms with Crippen molar-refractivity contribution in [3.63, 3.8) is 0 Å². The number of amides is 2. The third kappa shape index (κ3) is 8.33. The summed E-state index contributed by atoms with van der Waals surface area (Å²) in [6.07, 6.45) is 7.60. The number of piperidine rings is 2. The normalized spacial score (nSPS) is 18.8. The smallest absolute Gasteiger partial charge is 0.410 e. The van der Waals surface area contributed by atoms with Gasteiger partial charge in [-0.05, 0) is 82.7 Å². The van der Waals surface area contributed by atoms with Crippen molar-refractivity contribution in [1.82, 2.24) is 29.7 Å². The van der Waals surface area contributed by atoms with Gasteiger partial charge < -0.3 is 29.2 Å². The van der Waals surface area contributed by atoms with E-state index in [1.807, 2.05) is 69.3 Å². The summed E-state index contributed by atoms with van der Waals surface area (Å²) in [5.74, 6) is -0.0354. The number of nitrogens with zero attached hydrogens (tertiary/aromatic N) is 6. The zero-order chi connectivity index (χ0) is 33.8. The number of hydrogen-bond acceptors (Lipinski definition) is 9. The van der Waals surface area contributed by atoms with Crippen LogP contribution in [0.4, 0.5) is 10.5 Å². The lowest BCUT2D eigenvalue weighted by molar-refractivity contribution is -0.0636. The Hall–Kier alpha value is -4.03. The van der Waals surface area contributed by atoms with E-state index in [-0.39, 0.29) is 29.8 Å². The van der Waals surface area contributed by atoms with Gasteiger partial charge in [0.25, 0.3) is 11.5 Å². The minimum absolute atomic E-state index is 0.0354. The number of pyridine rings is 3. The van der Waals surface area contributed by atoms with Crippen LogP contribution < -0.4 is 10.5 Å². The molecule has 0 aliphatic carbocycles. The van der Waals surface area contributed by atoms with Gasteiger partial charge in [0.1, 0.15) is 11.3 Å². The number of carbonyl (C=O) groups is 2. The van der Waals surface area contributed by atoms with Gasteiger partial charge in [-0.1, -0.05) is 6.92 Å². The number of carbonyl (C=O) groups excluding carboxylic acids is 2. The minimum Gasteiger partial charge on any atom is -0.444 e. The van der Waals surface area contributed by atoms with Gasteiger partial charge in [-0.25, -0.2) is 9.78 Å². The number of piperazine rings is 1. The van der Waals surface area contributed by atoms with E-state index in [0.717, 1.165) is 86.3 Å². The lowest BCUT2D eigenvalue weighted by Crippen LogP contribution is -2.46. The molecule has 258 valence electrons. The number of likely N-dealkylation sites (tertiary alicyclic amines) is 2. The molecular weight excluding hydrogens is 610 g/mol. The van der Waals surface area contributed by atoms with E-state index in [1.54, 1.807) is 4.90 Å². The van der Waals surface area contributed by atoms with E-state index >= 15 is 0 Å². The molecule has 3 aliphatic heterocycles. The van der Waals surface area contributed by atoms with Crippen LogP contribution in [0.3, 0.4) is 0 Å². The van der Waals surface area contributed by atoms with Crippen molar-refractivity contribution in [2.45, 2.75) is 84.2 Å². The number of hydrogen-bond donors (Lipinski definition) is 1. The molecule has 12 nitrogen and oxygen atoms in total. The van der Waals surface area contributed by atoms with Crippen LogP contribution >= 0.6 is 0 Å². The Labute approximate surface area is 282 Å². The van der Waals surface area contributed by atoms with Gasteiger partial charge in [0.2, 0.25) is 0 Å². The van der Waals surface area contributed by atoms with Gasteiger partial charge in [0, 0.05) is 70.7 Å². The first-order valence-electron chi connectivity index (χ1n) is 17.4. The Morgan fingerprint density at radius 3 is 2.15 bits per heavy atom. The van der Waals surface area contributed by atoms with Gasteiger partial charge in [-0.3, -0.25) is 19.5 Å². The zero-order valence-corrected chi connectivity index (χ0v) is 28.7. The van der Waals surface area contributed by atoms with Crippen molar-refractivity contribution in [2.75, 3.05) is 57.3 Å². The maximum atomic E-state index is 13.3. The first-order valence-corrected chi connectivity index (χ1v) is 17.4. The predicted octanol–water partition coefficient (Wildman–Crippen LogP) is 4.22. The second kappa shape index (κ2) is 14.6. The lowest BCUT2D eigenvalue weighted by Gasteiger charge is -2.37. The van der Waals surface area contributed by atoms with Crippen LogP contribution in [0.25, 0.3) is 11.0 Å². The number of aromatic nitrogens is 3. The van der Waals surface area contributed by atoms with Gasteiger partial charge in [-0.15, -0.1) is 0 Å². The molecule has 0 atom stereocenters. The Bertz CT molecular complexity index is 1630. The highest BCUT2D eigenvalue weighted by atomic mass is 16.6. The van der Waals surface area contributed by atoms with Crippen LogP contribution in [-0.2, 0) is 22.4 Å². The maximum Gasteiger partial charge on any atom is 0.410 e. The van der Waals surface area contributed by atoms with Crippen LogP contribution in [-0.4, -0.2) is 112 Å². The van der Waals surface area contributed by atoms with Crippen molar-refractivity contribution in [3.8, 4) is 0 Å². The van der Waals surface area contributed by atoms with Gasteiger partial charge in [-0.2, -0.15) is 0 Å². The third-order valence-corrected chi connectivity index (χ3v) is 9.53. The molecule has 6 heterocycles. The lowest BCUT2D eigenvalue weighted by atomic mass is 10.0. The Morgan fingerprint density at radius 2 is 1.54 bits per heavy atom. The van der Waals surface area contributed by atoms with Gasteiger partial charge >= 0.3 is 6.09 Å². The van der Waals surface area contributed by atoms with Crippen molar-refractivity contribution >= 4 is 28.7 Å². The summed E-state index contributed by atoms with van der Waals surface area (Å²) in [7, 11) is 0. The molecular formula is C36H49N7O5.